The number of halogens is 3. The molecule has 0 saturated carbocycles. The van der Waals surface area contributed by atoms with Gasteiger partial charge in [0.05, 0.1) is 22.6 Å². The summed E-state index contributed by atoms with van der Waals surface area (Å²) < 4.78 is 37.4. The second-order valence-corrected chi connectivity index (χ2v) is 10.8. The molecule has 2 aliphatic rings. The molecule has 43 heavy (non-hydrogen) atoms. The Morgan fingerprint density at radius 3 is 2.51 bits per heavy atom. The second-order valence-electron chi connectivity index (χ2n) is 10.4. The number of carbonyl (C=O) groups excluding carboxylic acids is 1. The third-order valence-corrected chi connectivity index (χ3v) is 8.24. The lowest BCUT2D eigenvalue weighted by atomic mass is 9.96. The summed E-state index contributed by atoms with van der Waals surface area (Å²) >= 11 is 6.76. The summed E-state index contributed by atoms with van der Waals surface area (Å²) in [5, 5.41) is -0.134. The number of ether oxygens (including phenoxy) is 1. The van der Waals surface area contributed by atoms with Crippen LogP contribution in [0.5, 0.6) is 5.75 Å². The first kappa shape index (κ1) is 28.7. The fraction of sp³-hybridized carbons (Fsp3) is 0.333. The number of hydrogen-bond donors (Lipinski definition) is 0. The van der Waals surface area contributed by atoms with Crippen molar-refractivity contribution in [3.63, 3.8) is 0 Å². The average Bonchev–Trinajstić information content (AvgIpc) is 3.01. The van der Waals surface area contributed by atoms with Crippen molar-refractivity contribution < 1.29 is 18.3 Å². The number of aromatic nitrogens is 5. The molecule has 1 saturated heterocycles. The Morgan fingerprint density at radius 1 is 1.14 bits per heavy atom. The molecular weight excluding hydrogens is 580 g/mol. The molecule has 0 bridgehead atoms. The molecular formula is C30H28ClF2N7O3. The smallest absolute Gasteiger partial charge is 0.354 e. The van der Waals surface area contributed by atoms with Gasteiger partial charge in [-0.3, -0.25) is 9.36 Å². The van der Waals surface area contributed by atoms with E-state index in [1.807, 2.05) is 25.7 Å². The number of fused-ring (bicyclic) bond motifs is 5. The molecule has 2 aliphatic heterocycles. The van der Waals surface area contributed by atoms with Gasteiger partial charge in [-0.05, 0) is 31.9 Å². The van der Waals surface area contributed by atoms with Crippen LogP contribution in [-0.2, 0) is 24.2 Å². The van der Waals surface area contributed by atoms with Crippen LogP contribution in [0.3, 0.4) is 0 Å². The minimum absolute atomic E-state index is 0.0418. The van der Waals surface area contributed by atoms with Crippen molar-refractivity contribution in [2.24, 2.45) is 0 Å². The summed E-state index contributed by atoms with van der Waals surface area (Å²) in [5.74, 6) is -2.01. The largest absolute Gasteiger partial charge is 0.486 e. The number of carbonyl (C=O) groups is 1. The molecule has 222 valence electrons. The summed E-state index contributed by atoms with van der Waals surface area (Å²) in [5.41, 5.74) is 1.74. The lowest BCUT2D eigenvalue weighted by molar-refractivity contribution is -0.126. The molecule has 10 nitrogen and oxygen atoms in total. The quantitative estimate of drug-likeness (QED) is 0.243. The zero-order valence-corrected chi connectivity index (χ0v) is 24.6. The minimum atomic E-state index is -1.09. The summed E-state index contributed by atoms with van der Waals surface area (Å²) in [6.45, 7) is 10.3. The molecule has 1 amide bonds. The van der Waals surface area contributed by atoms with Gasteiger partial charge in [-0.2, -0.15) is 4.98 Å². The van der Waals surface area contributed by atoms with Crippen LogP contribution < -0.4 is 15.3 Å². The van der Waals surface area contributed by atoms with Crippen molar-refractivity contribution in [1.82, 2.24) is 29.4 Å². The maximum Gasteiger partial charge on any atom is 0.354 e. The molecule has 0 spiro atoms. The van der Waals surface area contributed by atoms with E-state index in [0.29, 0.717) is 55.1 Å². The molecule has 1 atom stereocenters. The van der Waals surface area contributed by atoms with Crippen LogP contribution in [0, 0.1) is 11.6 Å². The minimum Gasteiger partial charge on any atom is -0.486 e. The molecule has 1 aromatic carbocycles. The number of rotatable bonds is 5. The van der Waals surface area contributed by atoms with E-state index in [1.54, 1.807) is 4.90 Å². The zero-order chi connectivity index (χ0) is 30.6. The van der Waals surface area contributed by atoms with E-state index in [9.17, 15) is 14.0 Å². The molecule has 6 rings (SSSR count). The Labute approximate surface area is 250 Å². The molecule has 0 N–H and O–H groups in total. The van der Waals surface area contributed by atoms with Gasteiger partial charge in [-0.15, -0.1) is 0 Å². The molecule has 1 fully saturated rings. The fourth-order valence-corrected chi connectivity index (χ4v) is 6.17. The number of hydrogen-bond acceptors (Lipinski definition) is 8. The Bertz CT molecular complexity index is 1860. The normalized spacial score (nSPS) is 16.1. The SMILES string of the molecule is C=CC(=O)N1CCN(c2nc(=O)n(-c3c(CC)ncnc3CC)c3c4c(c(Cl)nc23)-c2c(ccc(F)c2F)CO4)[C@@H](C)C1. The van der Waals surface area contributed by atoms with Gasteiger partial charge < -0.3 is 14.5 Å². The number of piperazine rings is 1. The second kappa shape index (κ2) is 11.0. The van der Waals surface area contributed by atoms with Gasteiger partial charge in [0.1, 0.15) is 29.1 Å². The highest BCUT2D eigenvalue weighted by Crippen LogP contribution is 2.48. The van der Waals surface area contributed by atoms with Gasteiger partial charge in [-0.1, -0.05) is 38.1 Å². The van der Waals surface area contributed by atoms with E-state index in [2.05, 4.69) is 26.5 Å². The predicted molar refractivity (Wildman–Crippen MR) is 158 cm³/mol. The highest BCUT2D eigenvalue weighted by Gasteiger charge is 2.35. The Kier molecular flexibility index (Phi) is 7.33. The van der Waals surface area contributed by atoms with E-state index in [0.717, 1.165) is 6.07 Å². The zero-order valence-electron chi connectivity index (χ0n) is 23.8. The highest BCUT2D eigenvalue weighted by molar-refractivity contribution is 6.33. The van der Waals surface area contributed by atoms with Crippen molar-refractivity contribution in [1.29, 1.82) is 0 Å². The molecule has 3 aromatic heterocycles. The van der Waals surface area contributed by atoms with E-state index >= 15 is 4.39 Å². The average molecular weight is 608 g/mol. The van der Waals surface area contributed by atoms with Gasteiger partial charge in [0, 0.05) is 36.8 Å². The first-order valence-corrected chi connectivity index (χ1v) is 14.3. The molecule has 0 aliphatic carbocycles. The highest BCUT2D eigenvalue weighted by atomic mass is 35.5. The van der Waals surface area contributed by atoms with Crippen molar-refractivity contribution in [3.05, 3.63) is 75.3 Å². The fourth-order valence-electron chi connectivity index (χ4n) is 5.91. The number of anilines is 1. The lowest BCUT2D eigenvalue weighted by Gasteiger charge is -2.40. The lowest BCUT2D eigenvalue weighted by Crippen LogP contribution is -2.54. The Morgan fingerprint density at radius 2 is 1.86 bits per heavy atom. The van der Waals surface area contributed by atoms with E-state index < -0.39 is 17.3 Å². The van der Waals surface area contributed by atoms with Gasteiger partial charge in [-0.25, -0.2) is 28.5 Å². The number of pyridine rings is 1. The number of amides is 1. The van der Waals surface area contributed by atoms with Crippen LogP contribution in [0.1, 0.15) is 37.7 Å². The first-order valence-electron chi connectivity index (χ1n) is 14.0. The van der Waals surface area contributed by atoms with Crippen molar-refractivity contribution in [2.45, 2.75) is 46.3 Å². The topological polar surface area (TPSA) is 106 Å². The number of aryl methyl sites for hydroxylation is 2. The van der Waals surface area contributed by atoms with Crippen LogP contribution in [0.4, 0.5) is 14.6 Å². The predicted octanol–water partition coefficient (Wildman–Crippen LogP) is 4.41. The van der Waals surface area contributed by atoms with Crippen LogP contribution in [0.15, 0.2) is 35.9 Å². The van der Waals surface area contributed by atoms with Gasteiger partial charge in [0.2, 0.25) is 5.91 Å². The molecule has 5 heterocycles. The third-order valence-electron chi connectivity index (χ3n) is 7.97. The van der Waals surface area contributed by atoms with Crippen molar-refractivity contribution in [3.8, 4) is 22.6 Å². The van der Waals surface area contributed by atoms with Crippen LogP contribution in [-0.4, -0.2) is 61.0 Å². The summed E-state index contributed by atoms with van der Waals surface area (Å²) in [4.78, 5) is 48.0. The summed E-state index contributed by atoms with van der Waals surface area (Å²) in [6.07, 6.45) is 3.66. The third kappa shape index (κ3) is 4.51. The molecule has 0 unspecified atom stereocenters. The molecule has 4 aromatic rings. The van der Waals surface area contributed by atoms with E-state index in [4.69, 9.17) is 16.3 Å². The monoisotopic (exact) mass is 607 g/mol. The van der Waals surface area contributed by atoms with Gasteiger partial charge in [0.25, 0.3) is 0 Å². The van der Waals surface area contributed by atoms with E-state index in [-0.39, 0.29) is 57.4 Å². The van der Waals surface area contributed by atoms with Gasteiger partial charge in [0.15, 0.2) is 23.2 Å². The van der Waals surface area contributed by atoms with Crippen LogP contribution in [0.2, 0.25) is 5.15 Å². The van der Waals surface area contributed by atoms with Crippen molar-refractivity contribution >= 4 is 34.4 Å². The van der Waals surface area contributed by atoms with Gasteiger partial charge >= 0.3 is 5.69 Å². The number of benzene rings is 1. The Hall–Kier alpha value is -4.45. The van der Waals surface area contributed by atoms with E-state index in [1.165, 1.54) is 23.0 Å². The number of nitrogens with zero attached hydrogens (tertiary/aromatic N) is 7. The molecule has 13 heteroatoms. The summed E-state index contributed by atoms with van der Waals surface area (Å²) in [7, 11) is 0. The maximum atomic E-state index is 15.4. The molecule has 0 radical (unpaired) electrons. The standard InChI is InChI=1S/C30H28ClF2N7O3/c1-5-18-25(19(6-2)35-14-34-18)40-26-24(29(37-30(40)42)39-11-10-38(12-15(39)4)20(41)7-3)36-28(31)22-21-16(13-43-27(22)26)8-9-17(32)23(21)33/h7-9,14-15H,3,5-6,10-13H2,1-2,4H3/t15-/m0/s1. The van der Waals surface area contributed by atoms with Crippen molar-refractivity contribution in [2.75, 3.05) is 24.5 Å². The summed E-state index contributed by atoms with van der Waals surface area (Å²) in [6, 6.07) is 2.21. The Balaban J connectivity index is 1.71. The first-order chi connectivity index (χ1) is 20.7. The maximum absolute atomic E-state index is 15.4. The van der Waals surface area contributed by atoms with Crippen LogP contribution in [0.25, 0.3) is 27.8 Å². The van der Waals surface area contributed by atoms with Crippen LogP contribution >= 0.6 is 11.6 Å².